The van der Waals surface area contributed by atoms with Crippen LogP contribution in [-0.4, -0.2) is 5.97 Å². The number of ether oxygens (including phenoxy) is 1. The number of rotatable bonds is 31. The molecule has 0 N–H and O–H groups in total. The average Bonchev–Trinajstić information content (AvgIpc) is 2.92. The van der Waals surface area contributed by atoms with E-state index in [4.69, 9.17) is 4.74 Å². The van der Waals surface area contributed by atoms with Crippen LogP contribution in [0.25, 0.3) is 0 Å². The average molecular weight is 596 g/mol. The first-order valence-corrected chi connectivity index (χ1v) is 17.3. The number of hydrogen-bond acceptors (Lipinski definition) is 2. The quantitative estimate of drug-likeness (QED) is 0.0262. The molecule has 3 heteroatoms. The molecule has 0 spiro atoms. The van der Waals surface area contributed by atoms with Crippen LogP contribution in [0.3, 0.4) is 0 Å². The van der Waals surface area contributed by atoms with Crippen LogP contribution in [-0.2, 0) is 26.6 Å². The summed E-state index contributed by atoms with van der Waals surface area (Å²) in [5.41, 5.74) is 0. The third-order valence-electron chi connectivity index (χ3n) is 7.66. The van der Waals surface area contributed by atoms with E-state index in [-0.39, 0.29) is 23.0 Å². The van der Waals surface area contributed by atoms with Crippen molar-refractivity contribution in [2.45, 2.75) is 200 Å². The van der Waals surface area contributed by atoms with E-state index in [1.54, 1.807) is 6.26 Å². The number of unbranched alkanes of at least 4 members (excludes halogenated alkanes) is 25. The van der Waals surface area contributed by atoms with Crippen molar-refractivity contribution in [2.24, 2.45) is 0 Å². The van der Waals surface area contributed by atoms with Crippen molar-refractivity contribution in [3.05, 3.63) is 24.5 Å². The molecule has 0 aromatic rings. The third kappa shape index (κ3) is 37.5. The molecule has 0 aromatic heterocycles. The number of hydrogen-bond donors (Lipinski definition) is 0. The standard InChI is InChI=1S/C36H68O2.Cu/c1-3-5-7-9-11-13-15-17-19-21-23-25-27-29-31-33-35-38-36(37)34-32-30-28-26-24-22-20-18-16-14-12-10-8-6-4-2;/h18,20,33,35H,3-17,19,21-32,34H2,1-2H3;/b20-18-,35-33?;. The predicted octanol–water partition coefficient (Wildman–Crippen LogP) is 12.9. The molecule has 0 heterocycles. The van der Waals surface area contributed by atoms with E-state index in [0.717, 1.165) is 19.3 Å². The van der Waals surface area contributed by atoms with Gasteiger partial charge in [0.15, 0.2) is 0 Å². The fourth-order valence-electron chi connectivity index (χ4n) is 5.05. The van der Waals surface area contributed by atoms with Gasteiger partial charge < -0.3 is 4.74 Å². The van der Waals surface area contributed by atoms with Crippen molar-refractivity contribution in [1.29, 1.82) is 0 Å². The van der Waals surface area contributed by atoms with Crippen molar-refractivity contribution in [3.63, 3.8) is 0 Å². The van der Waals surface area contributed by atoms with E-state index in [2.05, 4.69) is 26.0 Å². The van der Waals surface area contributed by atoms with Gasteiger partial charge in [-0.3, -0.25) is 4.79 Å². The summed E-state index contributed by atoms with van der Waals surface area (Å²) in [5, 5.41) is 0. The Kier molecular flexibility index (Phi) is 39.0. The van der Waals surface area contributed by atoms with E-state index in [1.807, 2.05) is 6.08 Å². The van der Waals surface area contributed by atoms with Crippen LogP contribution in [0.2, 0.25) is 0 Å². The first kappa shape index (κ1) is 40.6. The number of carbonyl (C=O) groups is 1. The second-order valence-electron chi connectivity index (χ2n) is 11.6. The minimum absolute atomic E-state index is 0. The van der Waals surface area contributed by atoms with E-state index < -0.39 is 0 Å². The van der Waals surface area contributed by atoms with Crippen molar-refractivity contribution in [3.8, 4) is 0 Å². The Morgan fingerprint density at radius 1 is 0.436 bits per heavy atom. The summed E-state index contributed by atoms with van der Waals surface area (Å²) in [5.74, 6) is -0.0696. The van der Waals surface area contributed by atoms with Gasteiger partial charge in [-0.2, -0.15) is 0 Å². The Bertz CT molecular complexity index is 514. The molecule has 0 aliphatic rings. The van der Waals surface area contributed by atoms with Crippen molar-refractivity contribution in [2.75, 3.05) is 0 Å². The van der Waals surface area contributed by atoms with Crippen molar-refractivity contribution < 1.29 is 26.6 Å². The van der Waals surface area contributed by atoms with Crippen LogP contribution in [0.1, 0.15) is 200 Å². The van der Waals surface area contributed by atoms with Crippen LogP contribution in [0.5, 0.6) is 0 Å². The second-order valence-corrected chi connectivity index (χ2v) is 11.6. The summed E-state index contributed by atoms with van der Waals surface area (Å²) in [4.78, 5) is 11.9. The predicted molar refractivity (Wildman–Crippen MR) is 170 cm³/mol. The SMILES string of the molecule is CCCCCCCC/C=C\CCCCCCCC(=O)OC=CCCCCCCCCCCCCCCCC.[Cu]. The molecule has 2 nitrogen and oxygen atoms in total. The first-order valence-electron chi connectivity index (χ1n) is 17.3. The van der Waals surface area contributed by atoms with Gasteiger partial charge in [-0.05, 0) is 51.0 Å². The van der Waals surface area contributed by atoms with Gasteiger partial charge in [-0.25, -0.2) is 0 Å². The van der Waals surface area contributed by atoms with E-state index >= 15 is 0 Å². The minimum Gasteiger partial charge on any atom is -0.435 e. The van der Waals surface area contributed by atoms with Gasteiger partial charge in [0.1, 0.15) is 0 Å². The van der Waals surface area contributed by atoms with Crippen molar-refractivity contribution >= 4 is 5.97 Å². The molecule has 0 atom stereocenters. The molecular weight excluding hydrogens is 528 g/mol. The molecule has 0 aliphatic heterocycles. The molecule has 39 heavy (non-hydrogen) atoms. The Morgan fingerprint density at radius 3 is 1.13 bits per heavy atom. The first-order chi connectivity index (χ1) is 18.8. The van der Waals surface area contributed by atoms with Crippen LogP contribution in [0.4, 0.5) is 0 Å². The molecule has 0 aliphatic carbocycles. The largest absolute Gasteiger partial charge is 0.435 e. The zero-order chi connectivity index (χ0) is 27.6. The molecule has 0 saturated heterocycles. The summed E-state index contributed by atoms with van der Waals surface area (Å²) in [6, 6.07) is 0. The van der Waals surface area contributed by atoms with E-state index in [0.29, 0.717) is 6.42 Å². The molecule has 235 valence electrons. The zero-order valence-electron chi connectivity index (χ0n) is 26.4. The van der Waals surface area contributed by atoms with Crippen LogP contribution < -0.4 is 0 Å². The molecule has 0 fully saturated rings. The molecule has 0 bridgehead atoms. The van der Waals surface area contributed by atoms with Gasteiger partial charge in [0.25, 0.3) is 0 Å². The van der Waals surface area contributed by atoms with Gasteiger partial charge in [-0.15, -0.1) is 0 Å². The molecule has 0 rings (SSSR count). The van der Waals surface area contributed by atoms with Crippen molar-refractivity contribution in [1.82, 2.24) is 0 Å². The molecule has 1 radical (unpaired) electrons. The summed E-state index contributed by atoms with van der Waals surface area (Å²) in [7, 11) is 0. The summed E-state index contributed by atoms with van der Waals surface area (Å²) >= 11 is 0. The second kappa shape index (κ2) is 37.5. The van der Waals surface area contributed by atoms with Gasteiger partial charge >= 0.3 is 5.97 Å². The smallest absolute Gasteiger partial charge is 0.310 e. The molecule has 0 amide bonds. The maximum absolute atomic E-state index is 11.9. The molecule has 0 saturated carbocycles. The monoisotopic (exact) mass is 595 g/mol. The molecule has 0 unspecified atom stereocenters. The Hall–Kier alpha value is -0.531. The van der Waals surface area contributed by atoms with Gasteiger partial charge in [0.2, 0.25) is 0 Å². The van der Waals surface area contributed by atoms with Gasteiger partial charge in [0, 0.05) is 23.5 Å². The zero-order valence-corrected chi connectivity index (χ0v) is 27.4. The third-order valence-corrected chi connectivity index (χ3v) is 7.66. The maximum Gasteiger partial charge on any atom is 0.310 e. The number of allylic oxidation sites excluding steroid dienone is 3. The Morgan fingerprint density at radius 2 is 0.744 bits per heavy atom. The fourth-order valence-corrected chi connectivity index (χ4v) is 5.05. The maximum atomic E-state index is 11.9. The molecule has 0 aromatic carbocycles. The fraction of sp³-hybridized carbons (Fsp3) is 0.861. The summed E-state index contributed by atoms with van der Waals surface area (Å²) in [6.45, 7) is 4.56. The van der Waals surface area contributed by atoms with Gasteiger partial charge in [-0.1, -0.05) is 161 Å². The Labute approximate surface area is 256 Å². The topological polar surface area (TPSA) is 26.3 Å². The van der Waals surface area contributed by atoms with Crippen LogP contribution in [0, 0.1) is 0 Å². The summed E-state index contributed by atoms with van der Waals surface area (Å²) < 4.78 is 5.25. The molecular formula is C36H68CuO2. The number of esters is 1. The van der Waals surface area contributed by atoms with Crippen LogP contribution in [0.15, 0.2) is 24.5 Å². The summed E-state index contributed by atoms with van der Waals surface area (Å²) in [6.07, 6.45) is 46.1. The van der Waals surface area contributed by atoms with Crippen LogP contribution >= 0.6 is 0 Å². The van der Waals surface area contributed by atoms with E-state index in [9.17, 15) is 4.79 Å². The van der Waals surface area contributed by atoms with Gasteiger partial charge in [0.05, 0.1) is 6.26 Å². The number of carbonyl (C=O) groups excluding carboxylic acids is 1. The minimum atomic E-state index is -0.0696. The van der Waals surface area contributed by atoms with E-state index in [1.165, 1.54) is 161 Å². The Balaban J connectivity index is 0. The normalized spacial score (nSPS) is 11.4.